The number of carbonyl (C=O) groups is 1. The number of hydrogen-bond donors (Lipinski definition) is 0. The van der Waals surface area contributed by atoms with Gasteiger partial charge in [0.15, 0.2) is 11.5 Å². The fourth-order valence-corrected chi connectivity index (χ4v) is 4.13. The van der Waals surface area contributed by atoms with Gasteiger partial charge in [0.25, 0.3) is 0 Å². The lowest BCUT2D eigenvalue weighted by molar-refractivity contribution is -0.129. The minimum absolute atomic E-state index is 0.0677. The van der Waals surface area contributed by atoms with E-state index in [1.165, 1.54) is 17.5 Å². The molecule has 1 aromatic heterocycles. The summed E-state index contributed by atoms with van der Waals surface area (Å²) < 4.78 is 16.9. The summed E-state index contributed by atoms with van der Waals surface area (Å²) in [7, 11) is 1.83. The SMILES string of the molecule is CN(Cc1ccc2c(c1)OCCO2)C(=O)Cc1coc2cc3c(cc12)CCC3. The normalized spacial score (nSPS) is 14.9. The second-order valence-electron chi connectivity index (χ2n) is 7.64. The third-order valence-corrected chi connectivity index (χ3v) is 5.66. The van der Waals surface area contributed by atoms with Gasteiger partial charge in [-0.25, -0.2) is 0 Å². The van der Waals surface area contributed by atoms with Gasteiger partial charge in [0.2, 0.25) is 5.91 Å². The Kier molecular flexibility index (Phi) is 4.23. The average Bonchev–Trinajstić information content (AvgIpc) is 3.32. The molecule has 0 unspecified atom stereocenters. The number of fused-ring (bicyclic) bond motifs is 3. The van der Waals surface area contributed by atoms with E-state index >= 15 is 0 Å². The molecule has 5 nitrogen and oxygen atoms in total. The van der Waals surface area contributed by atoms with Crippen molar-refractivity contribution in [1.29, 1.82) is 0 Å². The molecule has 0 atom stereocenters. The molecule has 5 heteroatoms. The Hall–Kier alpha value is -2.95. The maximum atomic E-state index is 12.8. The Morgan fingerprint density at radius 2 is 1.82 bits per heavy atom. The van der Waals surface area contributed by atoms with Crippen LogP contribution in [0.4, 0.5) is 0 Å². The van der Waals surface area contributed by atoms with Crippen LogP contribution >= 0.6 is 0 Å². The van der Waals surface area contributed by atoms with E-state index in [4.69, 9.17) is 13.9 Å². The smallest absolute Gasteiger partial charge is 0.227 e. The van der Waals surface area contributed by atoms with Crippen molar-refractivity contribution in [2.45, 2.75) is 32.2 Å². The quantitative estimate of drug-likeness (QED) is 0.692. The summed E-state index contributed by atoms with van der Waals surface area (Å²) in [5.41, 5.74) is 5.65. The van der Waals surface area contributed by atoms with Crippen LogP contribution in [0.3, 0.4) is 0 Å². The molecule has 1 amide bonds. The topological polar surface area (TPSA) is 51.9 Å². The lowest BCUT2D eigenvalue weighted by Crippen LogP contribution is -2.27. The Bertz CT molecular complexity index is 1050. The molecule has 0 radical (unpaired) electrons. The molecule has 0 bridgehead atoms. The van der Waals surface area contributed by atoms with Crippen LogP contribution < -0.4 is 9.47 Å². The third kappa shape index (κ3) is 3.11. The van der Waals surface area contributed by atoms with Crippen molar-refractivity contribution in [2.75, 3.05) is 20.3 Å². The first-order chi connectivity index (χ1) is 13.7. The van der Waals surface area contributed by atoms with Crippen molar-refractivity contribution in [3.63, 3.8) is 0 Å². The van der Waals surface area contributed by atoms with Crippen LogP contribution in [0, 0.1) is 0 Å². The van der Waals surface area contributed by atoms with Gasteiger partial charge in [0, 0.05) is 24.5 Å². The van der Waals surface area contributed by atoms with Crippen LogP contribution in [0.5, 0.6) is 11.5 Å². The van der Waals surface area contributed by atoms with Crippen LogP contribution in [0.2, 0.25) is 0 Å². The van der Waals surface area contributed by atoms with Crippen LogP contribution in [-0.4, -0.2) is 31.1 Å². The molecule has 2 heterocycles. The standard InChI is InChI=1S/C23H23NO4/c1-24(13-15-5-6-20-22(9-15)27-8-7-26-20)23(25)12-18-14-28-21-11-17-4-2-3-16(17)10-19(18)21/h5-6,9-11,14H,2-4,7-8,12-13H2,1H3. The molecule has 1 aliphatic heterocycles. The Morgan fingerprint density at radius 3 is 2.68 bits per heavy atom. The molecular formula is C23H23NO4. The number of rotatable bonds is 4. The first kappa shape index (κ1) is 17.2. The number of ether oxygens (including phenoxy) is 2. The number of amides is 1. The van der Waals surface area contributed by atoms with Crippen LogP contribution in [0.1, 0.15) is 28.7 Å². The first-order valence-electron chi connectivity index (χ1n) is 9.82. The van der Waals surface area contributed by atoms with E-state index in [0.29, 0.717) is 26.2 Å². The van der Waals surface area contributed by atoms with E-state index in [1.54, 1.807) is 11.2 Å². The van der Waals surface area contributed by atoms with E-state index in [-0.39, 0.29) is 5.91 Å². The van der Waals surface area contributed by atoms with Gasteiger partial charge in [0.1, 0.15) is 18.8 Å². The third-order valence-electron chi connectivity index (χ3n) is 5.66. The zero-order valence-corrected chi connectivity index (χ0v) is 16.0. The molecule has 0 spiro atoms. The summed E-state index contributed by atoms with van der Waals surface area (Å²) in [6.45, 7) is 1.66. The van der Waals surface area contributed by atoms with Crippen molar-refractivity contribution in [1.82, 2.24) is 4.90 Å². The first-order valence-corrected chi connectivity index (χ1v) is 9.82. The molecule has 2 aliphatic rings. The molecule has 1 aliphatic carbocycles. The maximum Gasteiger partial charge on any atom is 0.227 e. The summed E-state index contributed by atoms with van der Waals surface area (Å²) in [6, 6.07) is 10.2. The predicted octanol–water partition coefficient (Wildman–Crippen LogP) is 3.89. The van der Waals surface area contributed by atoms with Gasteiger partial charge in [-0.1, -0.05) is 6.07 Å². The molecule has 5 rings (SSSR count). The van der Waals surface area contributed by atoms with Crippen molar-refractivity contribution in [3.05, 3.63) is 58.8 Å². The second kappa shape index (κ2) is 6.89. The monoisotopic (exact) mass is 377 g/mol. The predicted molar refractivity (Wildman–Crippen MR) is 106 cm³/mol. The molecule has 144 valence electrons. The van der Waals surface area contributed by atoms with Crippen LogP contribution in [0.15, 0.2) is 41.0 Å². The highest BCUT2D eigenvalue weighted by molar-refractivity contribution is 5.88. The number of aryl methyl sites for hydroxylation is 2. The zero-order chi connectivity index (χ0) is 19.1. The Balaban J connectivity index is 1.31. The van der Waals surface area contributed by atoms with Gasteiger partial charge >= 0.3 is 0 Å². The van der Waals surface area contributed by atoms with E-state index in [0.717, 1.165) is 46.4 Å². The number of furan rings is 1. The summed E-state index contributed by atoms with van der Waals surface area (Å²) >= 11 is 0. The largest absolute Gasteiger partial charge is 0.486 e. The highest BCUT2D eigenvalue weighted by Crippen LogP contribution is 2.32. The lowest BCUT2D eigenvalue weighted by Gasteiger charge is -2.21. The number of carbonyl (C=O) groups excluding carboxylic acids is 1. The highest BCUT2D eigenvalue weighted by Gasteiger charge is 2.19. The van der Waals surface area contributed by atoms with Gasteiger partial charge in [-0.05, 0) is 60.2 Å². The van der Waals surface area contributed by atoms with Crippen molar-refractivity contribution in [2.24, 2.45) is 0 Å². The van der Waals surface area contributed by atoms with E-state index < -0.39 is 0 Å². The number of nitrogens with zero attached hydrogens (tertiary/aromatic N) is 1. The molecule has 0 fully saturated rings. The van der Waals surface area contributed by atoms with Gasteiger partial charge in [-0.2, -0.15) is 0 Å². The van der Waals surface area contributed by atoms with Crippen molar-refractivity contribution in [3.8, 4) is 11.5 Å². The summed E-state index contributed by atoms with van der Waals surface area (Å²) in [6.07, 6.45) is 5.52. The molecule has 28 heavy (non-hydrogen) atoms. The Morgan fingerprint density at radius 1 is 1.04 bits per heavy atom. The average molecular weight is 377 g/mol. The molecule has 0 N–H and O–H groups in total. The number of benzene rings is 2. The summed E-state index contributed by atoms with van der Waals surface area (Å²) in [4.78, 5) is 14.6. The van der Waals surface area contributed by atoms with Crippen LogP contribution in [-0.2, 0) is 30.6 Å². The summed E-state index contributed by atoms with van der Waals surface area (Å²) in [5.74, 6) is 1.58. The number of hydrogen-bond acceptors (Lipinski definition) is 4. The maximum absolute atomic E-state index is 12.8. The Labute approximate surface area is 163 Å². The van der Waals surface area contributed by atoms with E-state index in [1.807, 2.05) is 25.2 Å². The molecule has 0 saturated carbocycles. The summed E-state index contributed by atoms with van der Waals surface area (Å²) in [5, 5.41) is 1.07. The van der Waals surface area contributed by atoms with Crippen molar-refractivity contribution >= 4 is 16.9 Å². The van der Waals surface area contributed by atoms with Gasteiger partial charge in [0.05, 0.1) is 12.7 Å². The minimum atomic E-state index is 0.0677. The van der Waals surface area contributed by atoms with Gasteiger partial charge < -0.3 is 18.8 Å². The van der Waals surface area contributed by atoms with E-state index in [9.17, 15) is 4.79 Å². The molecule has 3 aromatic rings. The fourth-order valence-electron chi connectivity index (χ4n) is 4.13. The van der Waals surface area contributed by atoms with Crippen LogP contribution in [0.25, 0.3) is 11.0 Å². The fraction of sp³-hybridized carbons (Fsp3) is 0.348. The van der Waals surface area contributed by atoms with Crippen molar-refractivity contribution < 1.29 is 18.7 Å². The number of likely N-dealkylation sites (N-methyl/N-ethyl adjacent to an activating group) is 1. The second-order valence-corrected chi connectivity index (χ2v) is 7.64. The molecular weight excluding hydrogens is 354 g/mol. The molecule has 0 saturated heterocycles. The van der Waals surface area contributed by atoms with Gasteiger partial charge in [-0.3, -0.25) is 4.79 Å². The van der Waals surface area contributed by atoms with Gasteiger partial charge in [-0.15, -0.1) is 0 Å². The lowest BCUT2D eigenvalue weighted by atomic mass is 10.0. The highest BCUT2D eigenvalue weighted by atomic mass is 16.6. The molecule has 2 aromatic carbocycles. The zero-order valence-electron chi connectivity index (χ0n) is 16.0. The minimum Gasteiger partial charge on any atom is -0.486 e. The van der Waals surface area contributed by atoms with E-state index in [2.05, 4.69) is 12.1 Å².